The molecule has 1 unspecified atom stereocenters. The lowest BCUT2D eigenvalue weighted by Gasteiger charge is -2.39. The van der Waals surface area contributed by atoms with Crippen LogP contribution >= 0.6 is 0 Å². The fraction of sp³-hybridized carbons (Fsp3) is 0.667. The van der Waals surface area contributed by atoms with E-state index < -0.39 is 17.6 Å². The number of nitrogens with zero attached hydrogens (tertiary/aromatic N) is 3. The molecule has 1 amide bonds. The van der Waals surface area contributed by atoms with Crippen LogP contribution in [0, 0.1) is 0 Å². The first kappa shape index (κ1) is 14.8. The molecule has 0 spiro atoms. The van der Waals surface area contributed by atoms with E-state index in [-0.39, 0.29) is 13.1 Å². The van der Waals surface area contributed by atoms with Gasteiger partial charge in [0.1, 0.15) is 0 Å². The van der Waals surface area contributed by atoms with Crippen LogP contribution in [0.5, 0.6) is 0 Å². The lowest BCUT2D eigenvalue weighted by molar-refractivity contribution is -0.187. The Morgan fingerprint density at radius 2 is 2.25 bits per heavy atom. The van der Waals surface area contributed by atoms with Gasteiger partial charge in [-0.25, -0.2) is 4.98 Å². The van der Waals surface area contributed by atoms with Crippen molar-refractivity contribution >= 4 is 5.91 Å². The van der Waals surface area contributed by atoms with Crippen LogP contribution in [0.3, 0.4) is 0 Å². The minimum Gasteiger partial charge on any atom is -0.337 e. The molecule has 112 valence electrons. The van der Waals surface area contributed by atoms with E-state index in [0.717, 1.165) is 4.90 Å². The predicted molar refractivity (Wildman–Crippen MR) is 65.6 cm³/mol. The molecule has 1 aromatic heterocycles. The molecule has 0 aromatic carbocycles. The third-order valence-electron chi connectivity index (χ3n) is 3.56. The molecule has 20 heavy (non-hydrogen) atoms. The number of carbonyl (C=O) groups excluding carboxylic acids is 1. The maximum atomic E-state index is 12.5. The quantitative estimate of drug-likeness (QED) is 0.891. The van der Waals surface area contributed by atoms with Crippen molar-refractivity contribution in [2.45, 2.75) is 38.0 Å². The highest BCUT2D eigenvalue weighted by Crippen LogP contribution is 2.30. The largest absolute Gasteiger partial charge is 0.471 e. The normalized spacial score (nSPS) is 23.9. The monoisotopic (exact) mass is 290 g/mol. The number of imidazole rings is 1. The third-order valence-corrected chi connectivity index (χ3v) is 3.56. The van der Waals surface area contributed by atoms with Crippen molar-refractivity contribution in [3.63, 3.8) is 0 Å². The van der Waals surface area contributed by atoms with Crippen molar-refractivity contribution in [1.82, 2.24) is 14.5 Å². The highest BCUT2D eigenvalue weighted by molar-refractivity contribution is 5.82. The molecule has 2 heterocycles. The van der Waals surface area contributed by atoms with Gasteiger partial charge in [0.25, 0.3) is 0 Å². The average Bonchev–Trinajstić information content (AvgIpc) is 2.86. The number of piperidine rings is 1. The van der Waals surface area contributed by atoms with Crippen LogP contribution in [-0.4, -0.2) is 39.6 Å². The first-order chi connectivity index (χ1) is 9.26. The van der Waals surface area contributed by atoms with Crippen LogP contribution in [0.2, 0.25) is 0 Å². The Morgan fingerprint density at radius 1 is 1.55 bits per heavy atom. The number of hydrogen-bond acceptors (Lipinski definition) is 3. The third kappa shape index (κ3) is 2.79. The van der Waals surface area contributed by atoms with Gasteiger partial charge in [0.15, 0.2) is 0 Å². The van der Waals surface area contributed by atoms with E-state index in [2.05, 4.69) is 4.98 Å². The summed E-state index contributed by atoms with van der Waals surface area (Å²) < 4.78 is 39.3. The van der Waals surface area contributed by atoms with Crippen LogP contribution in [0.1, 0.15) is 25.5 Å². The lowest BCUT2D eigenvalue weighted by atomic mass is 9.87. The first-order valence-electron chi connectivity index (χ1n) is 6.43. The Hall–Kier alpha value is -1.57. The van der Waals surface area contributed by atoms with E-state index in [1.807, 2.05) is 6.92 Å². The number of halogens is 3. The summed E-state index contributed by atoms with van der Waals surface area (Å²) in [6, 6.07) is 0. The SMILES string of the molecule is CCn1cnc(C2(N)CCCN(C(=O)C(F)(F)F)C2)c1. The molecule has 8 heteroatoms. The van der Waals surface area contributed by atoms with Crippen LogP contribution in [0.4, 0.5) is 13.2 Å². The Balaban J connectivity index is 2.18. The Kier molecular flexibility index (Phi) is 3.77. The van der Waals surface area contributed by atoms with E-state index in [0.29, 0.717) is 25.1 Å². The molecule has 1 aromatic rings. The van der Waals surface area contributed by atoms with Crippen LogP contribution in [0.25, 0.3) is 0 Å². The summed E-state index contributed by atoms with van der Waals surface area (Å²) in [5.41, 5.74) is 5.70. The second-order valence-corrected chi connectivity index (χ2v) is 5.07. The molecule has 1 atom stereocenters. The van der Waals surface area contributed by atoms with E-state index in [9.17, 15) is 18.0 Å². The molecule has 1 fully saturated rings. The van der Waals surface area contributed by atoms with Crippen molar-refractivity contribution < 1.29 is 18.0 Å². The molecule has 5 nitrogen and oxygen atoms in total. The number of rotatable bonds is 2. The topological polar surface area (TPSA) is 64.2 Å². The number of amides is 1. The van der Waals surface area contributed by atoms with Crippen LogP contribution < -0.4 is 5.73 Å². The number of carbonyl (C=O) groups is 1. The van der Waals surface area contributed by atoms with Gasteiger partial charge in [-0.1, -0.05) is 0 Å². The molecule has 0 radical (unpaired) electrons. The summed E-state index contributed by atoms with van der Waals surface area (Å²) in [5, 5.41) is 0. The zero-order valence-corrected chi connectivity index (χ0v) is 11.2. The lowest BCUT2D eigenvalue weighted by Crippen LogP contribution is -2.56. The van der Waals surface area contributed by atoms with Gasteiger partial charge in [-0.2, -0.15) is 13.2 Å². The molecule has 1 aliphatic rings. The second-order valence-electron chi connectivity index (χ2n) is 5.07. The number of hydrogen-bond donors (Lipinski definition) is 1. The maximum Gasteiger partial charge on any atom is 0.471 e. The summed E-state index contributed by atoms with van der Waals surface area (Å²) in [6.45, 7) is 2.54. The Bertz CT molecular complexity index is 499. The van der Waals surface area contributed by atoms with E-state index in [1.54, 1.807) is 17.1 Å². The van der Waals surface area contributed by atoms with Crippen LogP contribution in [-0.2, 0) is 16.9 Å². The number of aromatic nitrogens is 2. The summed E-state index contributed by atoms with van der Waals surface area (Å²) in [7, 11) is 0. The van der Waals surface area contributed by atoms with Gasteiger partial charge in [-0.15, -0.1) is 0 Å². The van der Waals surface area contributed by atoms with Gasteiger partial charge >= 0.3 is 12.1 Å². The standard InChI is InChI=1S/C12H17F3N4O/c1-2-18-6-9(17-8-18)11(16)4-3-5-19(7-11)10(20)12(13,14)15/h6,8H,2-5,7,16H2,1H3. The zero-order chi connectivity index (χ0) is 15.0. The minimum absolute atomic E-state index is 0.0752. The number of alkyl halides is 3. The van der Waals surface area contributed by atoms with Gasteiger partial charge < -0.3 is 15.2 Å². The van der Waals surface area contributed by atoms with E-state index >= 15 is 0 Å². The van der Waals surface area contributed by atoms with E-state index in [1.165, 1.54) is 0 Å². The molecular weight excluding hydrogens is 273 g/mol. The van der Waals surface area contributed by atoms with Gasteiger partial charge in [0.05, 0.1) is 17.6 Å². The Morgan fingerprint density at radius 3 is 2.80 bits per heavy atom. The van der Waals surface area contributed by atoms with Gasteiger partial charge in [-0.05, 0) is 19.8 Å². The molecular formula is C12H17F3N4O. The summed E-state index contributed by atoms with van der Waals surface area (Å²) >= 11 is 0. The second kappa shape index (κ2) is 5.08. The molecule has 0 aliphatic carbocycles. The maximum absolute atomic E-state index is 12.5. The van der Waals surface area contributed by atoms with Crippen molar-refractivity contribution in [2.24, 2.45) is 5.73 Å². The minimum atomic E-state index is -4.86. The van der Waals surface area contributed by atoms with Gasteiger partial charge in [-0.3, -0.25) is 4.79 Å². The van der Waals surface area contributed by atoms with Crippen molar-refractivity contribution in [1.29, 1.82) is 0 Å². The fourth-order valence-corrected chi connectivity index (χ4v) is 2.44. The van der Waals surface area contributed by atoms with Gasteiger partial charge in [0.2, 0.25) is 0 Å². The molecule has 2 rings (SSSR count). The van der Waals surface area contributed by atoms with Crippen molar-refractivity contribution in [3.05, 3.63) is 18.2 Å². The number of nitrogens with two attached hydrogens (primary N) is 1. The molecule has 0 saturated carbocycles. The summed E-state index contributed by atoms with van der Waals surface area (Å²) in [5.74, 6) is -1.83. The Labute approximate surface area is 114 Å². The number of aryl methyl sites for hydroxylation is 1. The van der Waals surface area contributed by atoms with E-state index in [4.69, 9.17) is 5.73 Å². The molecule has 0 bridgehead atoms. The summed E-state index contributed by atoms with van der Waals surface area (Å²) in [6.07, 6.45) is -0.607. The predicted octanol–water partition coefficient (Wildman–Crippen LogP) is 1.24. The van der Waals surface area contributed by atoms with Gasteiger partial charge in [0, 0.05) is 25.8 Å². The highest BCUT2D eigenvalue weighted by atomic mass is 19.4. The number of likely N-dealkylation sites (tertiary alicyclic amines) is 1. The highest BCUT2D eigenvalue weighted by Gasteiger charge is 2.46. The summed E-state index contributed by atoms with van der Waals surface area (Å²) in [4.78, 5) is 16.2. The zero-order valence-electron chi connectivity index (χ0n) is 11.2. The molecule has 1 saturated heterocycles. The van der Waals surface area contributed by atoms with Crippen molar-refractivity contribution in [3.8, 4) is 0 Å². The smallest absolute Gasteiger partial charge is 0.337 e. The van der Waals surface area contributed by atoms with Crippen LogP contribution in [0.15, 0.2) is 12.5 Å². The molecule has 1 aliphatic heterocycles. The molecule has 2 N–H and O–H groups in total. The van der Waals surface area contributed by atoms with Crippen molar-refractivity contribution in [2.75, 3.05) is 13.1 Å². The fourth-order valence-electron chi connectivity index (χ4n) is 2.44. The first-order valence-corrected chi connectivity index (χ1v) is 6.43. The average molecular weight is 290 g/mol.